The van der Waals surface area contributed by atoms with Gasteiger partial charge in [-0.05, 0) is 148 Å². The van der Waals surface area contributed by atoms with E-state index in [4.69, 9.17) is 5.11 Å². The molecule has 85 heavy (non-hydrogen) atoms. The zero-order chi connectivity index (χ0) is 60.1. The number of carboxylic acids is 1. The van der Waals surface area contributed by atoms with E-state index in [1.165, 1.54) is 41.1 Å². The summed E-state index contributed by atoms with van der Waals surface area (Å²) in [7, 11) is 2.99. The molecule has 4 aromatic carbocycles. The number of benzene rings is 4. The molecule has 4 aliphatic heterocycles. The van der Waals surface area contributed by atoms with Crippen LogP contribution in [0.1, 0.15) is 92.6 Å². The van der Waals surface area contributed by atoms with Crippen LogP contribution in [0.15, 0.2) is 84.9 Å². The van der Waals surface area contributed by atoms with Crippen LogP contribution in [0.25, 0.3) is 22.8 Å². The fourth-order valence-corrected chi connectivity index (χ4v) is 10.6. The summed E-state index contributed by atoms with van der Waals surface area (Å²) in [5.74, 6) is -4.29. The maximum atomic E-state index is 14.3. The molecule has 0 radical (unpaired) electrons. The van der Waals surface area contributed by atoms with E-state index in [2.05, 4.69) is 57.2 Å². The maximum Gasteiger partial charge on any atom is 0.331 e. The van der Waals surface area contributed by atoms with Crippen LogP contribution in [0.4, 0.5) is 29.7 Å². The monoisotopic (exact) mass is 1190 g/mol. The van der Waals surface area contributed by atoms with Crippen LogP contribution in [0.3, 0.4) is 0 Å². The number of aliphatic carboxylic acids is 1. The van der Waals surface area contributed by atoms with Gasteiger partial charge in [0.2, 0.25) is 17.6 Å². The Morgan fingerprint density at radius 2 is 0.988 bits per heavy atom. The fourth-order valence-electron chi connectivity index (χ4n) is 10.6. The number of aryl methyl sites for hydroxylation is 2. The zero-order valence-electron chi connectivity index (χ0n) is 47.3. The van der Waals surface area contributed by atoms with Crippen molar-refractivity contribution < 1.29 is 52.2 Å². The quantitative estimate of drug-likeness (QED) is 0.0772. The highest BCUT2D eigenvalue weighted by atomic mass is 35.5. The Bertz CT molecular complexity index is 3390. The molecule has 25 nitrogen and oxygen atoms in total. The lowest BCUT2D eigenvalue weighted by atomic mass is 9.85. The first-order chi connectivity index (χ1) is 39.5. The van der Waals surface area contributed by atoms with Crippen LogP contribution >= 0.6 is 12.4 Å². The summed E-state index contributed by atoms with van der Waals surface area (Å²) in [6, 6.07) is 19.9. The number of imide groups is 2. The number of aromatic nitrogens is 8. The van der Waals surface area contributed by atoms with Crippen molar-refractivity contribution in [2.45, 2.75) is 97.8 Å². The molecule has 0 saturated carbocycles. The minimum atomic E-state index is -1.16. The number of hydrogen-bond donors (Lipinski definition) is 6. The topological polar surface area (TPSA) is 318 Å². The maximum absolute atomic E-state index is 14.3. The molecule has 2 atom stereocenters. The SMILES string of the molecule is C.CN1C(=O)N(c2ccc(-c3nn[nH]n3)cc2)C2(CCNCC2)C1=O.Cc1ccc(F)c(C(=O)N[C@@H](C(=O)N2CCC3(CC2)C(=O)N(C)C(=O)N3c2ccc(-c3nn[nH]n3)cc2)C(C)C)c1.Cc1ccc(F)c(C(=O)N[C@@H](C(=O)O)C(C)C)c1.Cl. The van der Waals surface area contributed by atoms with Gasteiger partial charge < -0.3 is 26.0 Å². The molecule has 28 heteroatoms. The van der Waals surface area contributed by atoms with Crippen molar-refractivity contribution in [2.24, 2.45) is 11.8 Å². The largest absolute Gasteiger partial charge is 0.480 e. The Labute approximate surface area is 495 Å². The van der Waals surface area contributed by atoms with Crippen LogP contribution in [0.5, 0.6) is 0 Å². The first kappa shape index (κ1) is 65.0. The summed E-state index contributed by atoms with van der Waals surface area (Å²) in [4.78, 5) is 108. The second-order valence-electron chi connectivity index (χ2n) is 21.4. The molecule has 0 aliphatic carbocycles. The van der Waals surface area contributed by atoms with Gasteiger partial charge in [0.25, 0.3) is 23.6 Å². The van der Waals surface area contributed by atoms with Crippen molar-refractivity contribution in [3.05, 3.63) is 119 Å². The van der Waals surface area contributed by atoms with Gasteiger partial charge in [-0.3, -0.25) is 43.6 Å². The van der Waals surface area contributed by atoms with Crippen molar-refractivity contribution in [1.29, 1.82) is 0 Å². The Morgan fingerprint density at radius 3 is 1.35 bits per heavy atom. The summed E-state index contributed by atoms with van der Waals surface area (Å²) in [5, 5.41) is 44.9. The Kier molecular flexibility index (Phi) is 20.7. The van der Waals surface area contributed by atoms with Crippen LogP contribution in [-0.4, -0.2) is 172 Å². The summed E-state index contributed by atoms with van der Waals surface area (Å²) in [6.45, 7) is 12.2. The summed E-state index contributed by atoms with van der Waals surface area (Å²) < 4.78 is 27.8. The van der Waals surface area contributed by atoms with Crippen LogP contribution in [0.2, 0.25) is 0 Å². The minimum Gasteiger partial charge on any atom is -0.480 e. The highest BCUT2D eigenvalue weighted by Gasteiger charge is 2.59. The minimum absolute atomic E-state index is 0. The molecule has 4 aliphatic rings. The number of carboxylic acid groups (broad SMARTS) is 1. The lowest BCUT2D eigenvalue weighted by Crippen LogP contribution is -2.60. The van der Waals surface area contributed by atoms with E-state index in [9.17, 15) is 47.1 Å². The molecule has 4 saturated heterocycles. The van der Waals surface area contributed by atoms with Crippen molar-refractivity contribution >= 4 is 71.3 Å². The number of urea groups is 2. The number of nitrogens with one attached hydrogen (secondary N) is 5. The smallest absolute Gasteiger partial charge is 0.331 e. The molecule has 6 aromatic rings. The number of anilines is 2. The third kappa shape index (κ3) is 13.3. The van der Waals surface area contributed by atoms with E-state index >= 15 is 0 Å². The Balaban J connectivity index is 0.000000223. The lowest BCUT2D eigenvalue weighted by molar-refractivity contribution is -0.140. The number of piperidine rings is 2. The first-order valence-corrected chi connectivity index (χ1v) is 26.8. The van der Waals surface area contributed by atoms with E-state index in [1.54, 1.807) is 94.8 Å². The number of rotatable bonds is 12. The number of halogens is 3. The fraction of sp³-hybridized carbons (Fsp3) is 0.404. The number of carbonyl (C=O) groups excluding carboxylic acids is 7. The molecular weight excluding hydrogens is 1130 g/mol. The number of nitrogens with zero attached hydrogens (tertiary/aromatic N) is 11. The average molecular weight is 1200 g/mol. The van der Waals surface area contributed by atoms with E-state index < -0.39 is 58.6 Å². The van der Waals surface area contributed by atoms with Gasteiger partial charge >= 0.3 is 18.0 Å². The van der Waals surface area contributed by atoms with E-state index in [0.29, 0.717) is 54.5 Å². The van der Waals surface area contributed by atoms with Crippen LogP contribution < -0.4 is 25.8 Å². The number of likely N-dealkylation sites (tertiary alicyclic amines) is 1. The molecule has 0 unspecified atom stereocenters. The van der Waals surface area contributed by atoms with Crippen LogP contribution in [0, 0.1) is 37.3 Å². The van der Waals surface area contributed by atoms with Crippen LogP contribution in [-0.2, 0) is 19.2 Å². The standard InChI is InChI=1S/C28H31FN8O4.C15H17N7O2.C13H16FNO3.CH4.ClH/c1-16(2)22(30-24(38)20-15-17(3)5-10-21(20)29)25(39)36-13-11-28(12-14-36)26(40)35(4)27(41)37(28)19-8-6-18(7-9-19)23-31-33-34-32-23;1-21-13(23)15(6-8-16-9-7-15)22(14(21)24)11-4-2-10(3-5-11)12-17-19-20-18-12;1-7(2)11(13(17)18)15-12(16)9-6-8(3)4-5-10(9)14;;/h5-10,15-16,22H,11-14H2,1-4H3,(H,30,38)(H,31,32,33,34);2-5,16H,6-9H2,1H3,(H,17,18,19,20);4-7,11H,1-3H3,(H,15,16)(H,17,18);1H4;1H/t22-;;11-;;/m1.1../s1. The summed E-state index contributed by atoms with van der Waals surface area (Å²) >= 11 is 0. The van der Waals surface area contributed by atoms with Gasteiger partial charge in [-0.1, -0.05) is 58.4 Å². The second kappa shape index (κ2) is 27.1. The summed E-state index contributed by atoms with van der Waals surface area (Å²) in [5.41, 5.74) is 1.97. The molecule has 0 bridgehead atoms. The molecule has 4 fully saturated rings. The van der Waals surface area contributed by atoms with Gasteiger partial charge in [0, 0.05) is 49.7 Å². The van der Waals surface area contributed by atoms with Crippen molar-refractivity contribution in [2.75, 3.05) is 50.1 Å². The molecular formula is C57H69ClF2N16O9. The Hall–Kier alpha value is -9.11. The summed E-state index contributed by atoms with van der Waals surface area (Å²) in [6.07, 6.45) is 1.64. The first-order valence-electron chi connectivity index (χ1n) is 26.8. The van der Waals surface area contributed by atoms with Gasteiger partial charge in [0.15, 0.2) is 0 Å². The average Bonchev–Trinajstić information content (AvgIpc) is 1.72. The third-order valence-corrected chi connectivity index (χ3v) is 15.2. The highest BCUT2D eigenvalue weighted by Crippen LogP contribution is 2.42. The predicted octanol–water partition coefficient (Wildman–Crippen LogP) is 5.95. The van der Waals surface area contributed by atoms with Crippen molar-refractivity contribution in [3.63, 3.8) is 0 Å². The number of hydrogen-bond acceptors (Lipinski definition) is 15. The lowest BCUT2D eigenvalue weighted by Gasteiger charge is -2.43. The van der Waals surface area contributed by atoms with Gasteiger partial charge in [0.05, 0.1) is 11.1 Å². The molecule has 2 spiro atoms. The van der Waals surface area contributed by atoms with Gasteiger partial charge in [-0.2, -0.15) is 10.4 Å². The highest BCUT2D eigenvalue weighted by molar-refractivity contribution is 6.17. The van der Waals surface area contributed by atoms with E-state index in [1.807, 2.05) is 24.3 Å². The number of amides is 9. The molecule has 10 rings (SSSR count). The van der Waals surface area contributed by atoms with Gasteiger partial charge in [-0.15, -0.1) is 32.8 Å². The van der Waals surface area contributed by atoms with Gasteiger partial charge in [0.1, 0.15) is 34.8 Å². The Morgan fingerprint density at radius 1 is 0.600 bits per heavy atom. The van der Waals surface area contributed by atoms with E-state index in [-0.39, 0.29) is 92.5 Å². The van der Waals surface area contributed by atoms with Gasteiger partial charge in [-0.25, -0.2) is 23.2 Å². The molecule has 452 valence electrons. The second-order valence-corrected chi connectivity index (χ2v) is 21.4. The van der Waals surface area contributed by atoms with Crippen molar-refractivity contribution in [1.82, 2.24) is 71.9 Å². The molecule has 9 amide bonds. The number of aromatic amines is 2. The number of H-pyrrole nitrogens is 2. The number of likely N-dealkylation sites (N-methyl/N-ethyl adjacent to an activating group) is 2. The predicted molar refractivity (Wildman–Crippen MR) is 310 cm³/mol. The molecule has 6 heterocycles. The zero-order valence-corrected chi connectivity index (χ0v) is 48.2. The van der Waals surface area contributed by atoms with Crippen molar-refractivity contribution in [3.8, 4) is 22.8 Å². The molecule has 6 N–H and O–H groups in total. The number of tetrazole rings is 2. The number of carbonyl (C=O) groups is 8. The van der Waals surface area contributed by atoms with E-state index in [0.717, 1.165) is 21.6 Å². The molecule has 2 aromatic heterocycles. The normalized spacial score (nSPS) is 16.7. The third-order valence-electron chi connectivity index (χ3n) is 15.2.